The van der Waals surface area contributed by atoms with E-state index in [-0.39, 0.29) is 23.7 Å². The molecule has 5 heteroatoms. The molecule has 170 valence electrons. The molecule has 0 saturated carbocycles. The summed E-state index contributed by atoms with van der Waals surface area (Å²) in [5.74, 6) is -0.504. The Morgan fingerprint density at radius 2 is 1.84 bits per heavy atom. The Hall–Kier alpha value is -2.66. The van der Waals surface area contributed by atoms with E-state index in [0.717, 1.165) is 17.7 Å². The first-order valence-electron chi connectivity index (χ1n) is 11.3. The summed E-state index contributed by atoms with van der Waals surface area (Å²) in [6.07, 6.45) is 5.10. The van der Waals surface area contributed by atoms with Gasteiger partial charge in [0.05, 0.1) is 11.8 Å². The molecule has 1 aromatic carbocycles. The van der Waals surface area contributed by atoms with Gasteiger partial charge in [-0.1, -0.05) is 44.2 Å². The molecule has 0 N–H and O–H groups in total. The van der Waals surface area contributed by atoms with E-state index >= 15 is 0 Å². The Kier molecular flexibility index (Phi) is 7.40. The molecule has 1 aliphatic carbocycles. The number of anilines is 1. The minimum Gasteiger partial charge on any atom is -0.460 e. The van der Waals surface area contributed by atoms with Gasteiger partial charge in [-0.2, -0.15) is 0 Å². The molecule has 2 atom stereocenters. The highest BCUT2D eigenvalue weighted by molar-refractivity contribution is 7.11. The van der Waals surface area contributed by atoms with Gasteiger partial charge in [-0.3, -0.25) is 9.59 Å². The molecular formula is C27H33NO3S. The lowest BCUT2D eigenvalue weighted by Gasteiger charge is -2.23. The van der Waals surface area contributed by atoms with Gasteiger partial charge in [-0.05, 0) is 74.4 Å². The van der Waals surface area contributed by atoms with E-state index in [1.54, 1.807) is 11.3 Å². The lowest BCUT2D eigenvalue weighted by Crippen LogP contribution is -2.27. The molecule has 0 spiro atoms. The Bertz CT molecular complexity index is 1010. The number of allylic oxidation sites excluding steroid dienone is 3. The molecule has 2 aliphatic rings. The van der Waals surface area contributed by atoms with E-state index in [2.05, 4.69) is 29.7 Å². The van der Waals surface area contributed by atoms with Crippen molar-refractivity contribution in [3.8, 4) is 0 Å². The van der Waals surface area contributed by atoms with Gasteiger partial charge in [-0.15, -0.1) is 11.3 Å². The molecule has 4 nitrogen and oxygen atoms in total. The minimum absolute atomic E-state index is 0.0610. The molecule has 1 saturated heterocycles. The predicted molar refractivity (Wildman–Crippen MR) is 133 cm³/mol. The normalized spacial score (nSPS) is 18.8. The van der Waals surface area contributed by atoms with Gasteiger partial charge in [0.2, 0.25) is 5.91 Å². The molecule has 1 aliphatic heterocycles. The number of amides is 1. The number of carbonyl (C=O) groups excluding carboxylic acids is 2. The number of hydrogen-bond acceptors (Lipinski definition) is 4. The molecule has 1 fully saturated rings. The van der Waals surface area contributed by atoms with E-state index in [1.807, 2.05) is 70.7 Å². The molecule has 2 unspecified atom stereocenters. The summed E-state index contributed by atoms with van der Waals surface area (Å²) in [6, 6.07) is 11.9. The molecule has 0 radical (unpaired) electrons. The van der Waals surface area contributed by atoms with E-state index in [4.69, 9.17) is 4.74 Å². The van der Waals surface area contributed by atoms with Crippen LogP contribution in [-0.4, -0.2) is 24.0 Å². The van der Waals surface area contributed by atoms with Crippen LogP contribution in [0.1, 0.15) is 64.3 Å². The molecule has 2 aromatic rings. The molecule has 1 aromatic heterocycles. The lowest BCUT2D eigenvalue weighted by molar-refractivity contribution is -0.156. The van der Waals surface area contributed by atoms with Crippen LogP contribution in [-0.2, 0) is 14.3 Å². The largest absolute Gasteiger partial charge is 0.460 e. The topological polar surface area (TPSA) is 46.6 Å². The maximum absolute atomic E-state index is 13.0. The second-order valence-corrected chi connectivity index (χ2v) is 9.86. The van der Waals surface area contributed by atoms with Gasteiger partial charge in [0.25, 0.3) is 0 Å². The fourth-order valence-electron chi connectivity index (χ4n) is 3.92. The van der Waals surface area contributed by atoms with Crippen molar-refractivity contribution in [3.05, 3.63) is 69.9 Å². The van der Waals surface area contributed by atoms with Gasteiger partial charge in [-0.25, -0.2) is 0 Å². The predicted octanol–water partition coefficient (Wildman–Crippen LogP) is 6.60. The second kappa shape index (κ2) is 9.86. The van der Waals surface area contributed by atoms with Gasteiger partial charge in [0, 0.05) is 17.1 Å². The number of nitrogens with zero attached hydrogens (tertiary/aromatic N) is 1. The van der Waals surface area contributed by atoms with Crippen LogP contribution in [0.4, 0.5) is 5.69 Å². The van der Waals surface area contributed by atoms with Crippen molar-refractivity contribution in [1.29, 1.82) is 0 Å². The first-order chi connectivity index (χ1) is 15.2. The molecular weight excluding hydrogens is 418 g/mol. The first kappa shape index (κ1) is 24.0. The van der Waals surface area contributed by atoms with Crippen LogP contribution in [0.2, 0.25) is 0 Å². The smallest absolute Gasteiger partial charge is 0.313 e. The van der Waals surface area contributed by atoms with Crippen molar-refractivity contribution in [2.75, 3.05) is 11.4 Å². The maximum Gasteiger partial charge on any atom is 0.313 e. The molecule has 1 amide bonds. The van der Waals surface area contributed by atoms with E-state index in [0.29, 0.717) is 6.54 Å². The zero-order chi connectivity index (χ0) is 23.5. The van der Waals surface area contributed by atoms with Crippen molar-refractivity contribution in [1.82, 2.24) is 0 Å². The number of hydrogen-bond donors (Lipinski definition) is 0. The zero-order valence-electron chi connectivity index (χ0n) is 19.8. The lowest BCUT2D eigenvalue weighted by atomic mass is 9.90. The van der Waals surface area contributed by atoms with Crippen LogP contribution in [0.3, 0.4) is 0 Å². The fraction of sp³-hybridized carbons (Fsp3) is 0.407. The Morgan fingerprint density at radius 1 is 1.16 bits per heavy atom. The summed E-state index contributed by atoms with van der Waals surface area (Å²) in [4.78, 5) is 28.4. The summed E-state index contributed by atoms with van der Waals surface area (Å²) in [7, 11) is 0. The summed E-state index contributed by atoms with van der Waals surface area (Å²) in [5.41, 5.74) is 3.64. The van der Waals surface area contributed by atoms with Gasteiger partial charge >= 0.3 is 5.97 Å². The van der Waals surface area contributed by atoms with Crippen molar-refractivity contribution in [3.63, 3.8) is 0 Å². The molecule has 32 heavy (non-hydrogen) atoms. The van der Waals surface area contributed by atoms with E-state index in [1.165, 1.54) is 16.0 Å². The number of carbonyl (C=O) groups is 2. The number of ether oxygens (including phenoxy) is 1. The number of thiophene rings is 1. The zero-order valence-corrected chi connectivity index (χ0v) is 20.7. The molecule has 2 heterocycles. The second-order valence-electron chi connectivity index (χ2n) is 8.92. The number of benzene rings is 1. The summed E-state index contributed by atoms with van der Waals surface area (Å²) in [5, 5.41) is 2.08. The monoisotopic (exact) mass is 451 g/mol. The van der Waals surface area contributed by atoms with Crippen LogP contribution in [0, 0.1) is 5.92 Å². The minimum atomic E-state index is -0.507. The SMILES string of the molecule is CC.CC(C(=O)OC(C)(C)C)c1ccc(N2CC3=CC(c4cccs4)=CCC3C2=O)cc1. The Labute approximate surface area is 195 Å². The first-order valence-corrected chi connectivity index (χ1v) is 12.2. The van der Waals surface area contributed by atoms with E-state index in [9.17, 15) is 9.59 Å². The average molecular weight is 452 g/mol. The quantitative estimate of drug-likeness (QED) is 0.492. The van der Waals surface area contributed by atoms with Crippen molar-refractivity contribution >= 4 is 34.5 Å². The number of esters is 1. The average Bonchev–Trinajstić information content (AvgIpc) is 3.42. The van der Waals surface area contributed by atoms with E-state index < -0.39 is 5.60 Å². The van der Waals surface area contributed by atoms with Crippen LogP contribution < -0.4 is 4.90 Å². The third-order valence-corrected chi connectivity index (χ3v) is 6.46. The van der Waals surface area contributed by atoms with Crippen molar-refractivity contribution in [2.24, 2.45) is 5.92 Å². The fourth-order valence-corrected chi connectivity index (χ4v) is 4.66. The number of rotatable bonds is 4. The highest BCUT2D eigenvalue weighted by atomic mass is 32.1. The summed E-state index contributed by atoms with van der Waals surface area (Å²) < 4.78 is 5.49. The van der Waals surface area contributed by atoms with Gasteiger partial charge < -0.3 is 9.64 Å². The van der Waals surface area contributed by atoms with Crippen molar-refractivity contribution < 1.29 is 14.3 Å². The van der Waals surface area contributed by atoms with Crippen LogP contribution in [0.5, 0.6) is 0 Å². The van der Waals surface area contributed by atoms with Crippen LogP contribution in [0.25, 0.3) is 5.57 Å². The van der Waals surface area contributed by atoms with Crippen LogP contribution in [0.15, 0.2) is 59.5 Å². The maximum atomic E-state index is 13.0. The summed E-state index contributed by atoms with van der Waals surface area (Å²) in [6.45, 7) is 12.1. The third-order valence-electron chi connectivity index (χ3n) is 5.54. The standard InChI is InChI=1S/C25H27NO3S.C2H6/c1-16(24(28)29-25(2,3)4)17-7-10-20(11-8-17)26-15-19-14-18(22-6-5-13-30-22)9-12-21(19)23(26)27;1-2/h5-11,13-14,16,21H,12,15H2,1-4H3;1-2H3. The molecule has 0 bridgehead atoms. The highest BCUT2D eigenvalue weighted by Gasteiger charge is 2.37. The molecule has 4 rings (SSSR count). The third kappa shape index (κ3) is 5.21. The Morgan fingerprint density at radius 3 is 2.44 bits per heavy atom. The van der Waals surface area contributed by atoms with Crippen molar-refractivity contribution in [2.45, 2.75) is 59.5 Å². The highest BCUT2D eigenvalue weighted by Crippen LogP contribution is 2.38. The number of fused-ring (bicyclic) bond motifs is 1. The van der Waals surface area contributed by atoms with Gasteiger partial charge in [0.15, 0.2) is 0 Å². The van der Waals surface area contributed by atoms with Gasteiger partial charge in [0.1, 0.15) is 5.60 Å². The Balaban J connectivity index is 0.00000141. The van der Waals surface area contributed by atoms with Crippen LogP contribution >= 0.6 is 11.3 Å². The summed E-state index contributed by atoms with van der Waals surface area (Å²) >= 11 is 1.72.